The van der Waals surface area contributed by atoms with Crippen LogP contribution < -0.4 is 10.2 Å². The average Bonchev–Trinajstić information content (AvgIpc) is 3.35. The summed E-state index contributed by atoms with van der Waals surface area (Å²) >= 11 is 0. The van der Waals surface area contributed by atoms with Crippen molar-refractivity contribution in [2.45, 2.75) is 18.1 Å². The quantitative estimate of drug-likeness (QED) is 0.245. The molecule has 0 spiro atoms. The van der Waals surface area contributed by atoms with E-state index in [1.54, 1.807) is 0 Å². The standard InChI is InChI=1S/C27H17F5N2O3/c28-18-8-1-3-10-20(18)33-25(36)26(15-24(35)34(26)21-11-4-2-9-19(21)29)23-13-12-22(37-23)16-6-5-7-17(14-16)27(30,31)32/h1-14H,15H2,(H,33,36). The maximum Gasteiger partial charge on any atom is 0.416 e. The maximum atomic E-state index is 14.8. The topological polar surface area (TPSA) is 62.6 Å². The summed E-state index contributed by atoms with van der Waals surface area (Å²) in [6.07, 6.45) is -5.04. The number of nitrogens with one attached hydrogen (secondary N) is 1. The Morgan fingerprint density at radius 3 is 2.27 bits per heavy atom. The molecule has 2 heterocycles. The van der Waals surface area contributed by atoms with Crippen LogP contribution in [0.2, 0.25) is 0 Å². The fraction of sp³-hybridized carbons (Fsp3) is 0.111. The van der Waals surface area contributed by atoms with Crippen LogP contribution in [0.25, 0.3) is 11.3 Å². The van der Waals surface area contributed by atoms with Gasteiger partial charge in [0.05, 0.1) is 23.4 Å². The van der Waals surface area contributed by atoms with E-state index >= 15 is 0 Å². The van der Waals surface area contributed by atoms with Gasteiger partial charge in [-0.15, -0.1) is 0 Å². The van der Waals surface area contributed by atoms with Gasteiger partial charge in [0.2, 0.25) is 5.91 Å². The third kappa shape index (κ3) is 4.14. The van der Waals surface area contributed by atoms with Gasteiger partial charge in [0.15, 0.2) is 5.54 Å². The molecule has 0 radical (unpaired) electrons. The molecular weight excluding hydrogens is 495 g/mol. The highest BCUT2D eigenvalue weighted by Crippen LogP contribution is 2.48. The number of furan rings is 1. The SMILES string of the molecule is O=C1CC(C(=O)Nc2ccccc2F)(c2ccc(-c3cccc(C(F)(F)F)c3)o2)N1c1ccccc1F. The van der Waals surface area contributed by atoms with Gasteiger partial charge in [-0.3, -0.25) is 14.5 Å². The number of benzene rings is 3. The smallest absolute Gasteiger partial charge is 0.416 e. The highest BCUT2D eigenvalue weighted by atomic mass is 19.4. The van der Waals surface area contributed by atoms with Crippen LogP contribution in [-0.4, -0.2) is 11.8 Å². The molecule has 4 aromatic rings. The summed E-state index contributed by atoms with van der Waals surface area (Å²) in [5.74, 6) is -3.15. The van der Waals surface area contributed by atoms with Crippen molar-refractivity contribution >= 4 is 23.2 Å². The molecule has 3 aromatic carbocycles. The normalized spacial score (nSPS) is 17.4. The first-order chi connectivity index (χ1) is 17.6. The minimum Gasteiger partial charge on any atom is -0.458 e. The highest BCUT2D eigenvalue weighted by Gasteiger charge is 2.61. The highest BCUT2D eigenvalue weighted by molar-refractivity contribution is 6.16. The maximum absolute atomic E-state index is 14.8. The van der Waals surface area contributed by atoms with Crippen molar-refractivity contribution in [3.8, 4) is 11.3 Å². The second-order valence-corrected chi connectivity index (χ2v) is 8.39. The van der Waals surface area contributed by atoms with Crippen LogP contribution in [-0.2, 0) is 21.3 Å². The Morgan fingerprint density at radius 1 is 0.892 bits per heavy atom. The van der Waals surface area contributed by atoms with E-state index < -0.39 is 47.1 Å². The number of anilines is 2. The predicted octanol–water partition coefficient (Wildman–Crippen LogP) is 6.51. The third-order valence-electron chi connectivity index (χ3n) is 6.12. The van der Waals surface area contributed by atoms with Crippen molar-refractivity contribution in [2.24, 2.45) is 0 Å². The van der Waals surface area contributed by atoms with Gasteiger partial charge in [-0.2, -0.15) is 13.2 Å². The van der Waals surface area contributed by atoms with E-state index in [0.29, 0.717) is 0 Å². The van der Waals surface area contributed by atoms with Gasteiger partial charge in [0.1, 0.15) is 23.2 Å². The van der Waals surface area contributed by atoms with Crippen molar-refractivity contribution in [3.05, 3.63) is 108 Å². The lowest BCUT2D eigenvalue weighted by molar-refractivity contribution is -0.138. The van der Waals surface area contributed by atoms with Crippen LogP contribution in [0, 0.1) is 11.6 Å². The second kappa shape index (κ2) is 8.88. The summed E-state index contributed by atoms with van der Waals surface area (Å²) < 4.78 is 74.5. The van der Waals surface area contributed by atoms with Crippen molar-refractivity contribution in [1.82, 2.24) is 0 Å². The summed E-state index contributed by atoms with van der Waals surface area (Å²) in [5.41, 5.74) is -3.14. The third-order valence-corrected chi connectivity index (χ3v) is 6.12. The number of para-hydroxylation sites is 2. The zero-order valence-electron chi connectivity index (χ0n) is 18.9. The van der Waals surface area contributed by atoms with E-state index in [9.17, 15) is 31.5 Å². The van der Waals surface area contributed by atoms with Gasteiger partial charge in [-0.05, 0) is 48.5 Å². The first kappa shape index (κ1) is 24.2. The van der Waals surface area contributed by atoms with E-state index in [4.69, 9.17) is 4.42 Å². The molecule has 0 aliphatic carbocycles. The van der Waals surface area contributed by atoms with E-state index in [1.807, 2.05) is 0 Å². The molecule has 1 aliphatic rings. The van der Waals surface area contributed by atoms with E-state index in [2.05, 4.69) is 5.32 Å². The Morgan fingerprint density at radius 2 is 1.59 bits per heavy atom. The number of carbonyl (C=O) groups excluding carboxylic acids is 2. The number of amides is 2. The van der Waals surface area contributed by atoms with Gasteiger partial charge in [0.25, 0.3) is 5.91 Å². The molecule has 1 fully saturated rings. The van der Waals surface area contributed by atoms with Gasteiger partial charge in [0, 0.05) is 5.56 Å². The zero-order chi connectivity index (χ0) is 26.4. The molecule has 1 unspecified atom stereocenters. The molecule has 2 amide bonds. The minimum atomic E-state index is -4.59. The van der Waals surface area contributed by atoms with Crippen molar-refractivity contribution in [2.75, 3.05) is 10.2 Å². The second-order valence-electron chi connectivity index (χ2n) is 8.39. The Bertz CT molecular complexity index is 1510. The van der Waals surface area contributed by atoms with Crippen LogP contribution in [0.3, 0.4) is 0 Å². The lowest BCUT2D eigenvalue weighted by Crippen LogP contribution is -2.67. The van der Waals surface area contributed by atoms with Crippen LogP contribution in [0.5, 0.6) is 0 Å². The molecular formula is C27H17F5N2O3. The Kier molecular flexibility index (Phi) is 5.82. The molecule has 1 aliphatic heterocycles. The van der Waals surface area contributed by atoms with Crippen LogP contribution in [0.15, 0.2) is 89.3 Å². The van der Waals surface area contributed by atoms with Crippen molar-refractivity contribution in [3.63, 3.8) is 0 Å². The summed E-state index contributed by atoms with van der Waals surface area (Å²) in [6.45, 7) is 0. The first-order valence-corrected chi connectivity index (χ1v) is 11.0. The molecule has 5 rings (SSSR count). The summed E-state index contributed by atoms with van der Waals surface area (Å²) in [6, 6.07) is 17.7. The number of β-lactam (4-membered cyclic amide) rings is 1. The molecule has 5 nitrogen and oxygen atoms in total. The lowest BCUT2D eigenvalue weighted by Gasteiger charge is -2.48. The number of hydrogen-bond acceptors (Lipinski definition) is 3. The Labute approximate surface area is 207 Å². The number of carbonyl (C=O) groups is 2. The number of alkyl halides is 3. The monoisotopic (exact) mass is 512 g/mol. The summed E-state index contributed by atoms with van der Waals surface area (Å²) in [5, 5.41) is 2.43. The van der Waals surface area contributed by atoms with Gasteiger partial charge < -0.3 is 9.73 Å². The molecule has 37 heavy (non-hydrogen) atoms. The number of hydrogen-bond donors (Lipinski definition) is 1. The van der Waals surface area contributed by atoms with Crippen LogP contribution >= 0.6 is 0 Å². The zero-order valence-corrected chi connectivity index (χ0v) is 18.9. The molecule has 0 bridgehead atoms. The molecule has 1 saturated heterocycles. The average molecular weight is 512 g/mol. The molecule has 1 N–H and O–H groups in total. The van der Waals surface area contributed by atoms with Gasteiger partial charge in [-0.1, -0.05) is 36.4 Å². The molecule has 188 valence electrons. The number of nitrogens with zero attached hydrogens (tertiary/aromatic N) is 1. The van der Waals surface area contributed by atoms with Crippen molar-refractivity contribution < 1.29 is 36.0 Å². The Balaban J connectivity index is 1.61. The molecule has 1 aromatic heterocycles. The molecule has 0 saturated carbocycles. The van der Waals surface area contributed by atoms with Crippen LogP contribution in [0.4, 0.5) is 33.3 Å². The van der Waals surface area contributed by atoms with E-state index in [1.165, 1.54) is 60.7 Å². The minimum absolute atomic E-state index is 0.00741. The van der Waals surface area contributed by atoms with Gasteiger partial charge in [-0.25, -0.2) is 8.78 Å². The van der Waals surface area contributed by atoms with Crippen LogP contribution in [0.1, 0.15) is 17.7 Å². The van der Waals surface area contributed by atoms with E-state index in [-0.39, 0.29) is 28.5 Å². The predicted molar refractivity (Wildman–Crippen MR) is 124 cm³/mol. The fourth-order valence-electron chi connectivity index (χ4n) is 4.32. The fourth-order valence-corrected chi connectivity index (χ4v) is 4.32. The Hall–Kier alpha value is -4.47. The lowest BCUT2D eigenvalue weighted by atomic mass is 9.79. The van der Waals surface area contributed by atoms with Gasteiger partial charge >= 0.3 is 6.18 Å². The molecule has 1 atom stereocenters. The number of rotatable bonds is 5. The van der Waals surface area contributed by atoms with E-state index in [0.717, 1.165) is 29.2 Å². The molecule has 10 heteroatoms. The largest absolute Gasteiger partial charge is 0.458 e. The van der Waals surface area contributed by atoms with Crippen molar-refractivity contribution in [1.29, 1.82) is 0 Å². The summed E-state index contributed by atoms with van der Waals surface area (Å²) in [4.78, 5) is 27.3. The number of halogens is 5. The first-order valence-electron chi connectivity index (χ1n) is 11.0. The summed E-state index contributed by atoms with van der Waals surface area (Å²) in [7, 11) is 0.